The minimum absolute atomic E-state index is 0.00484. The number of nitrogens with one attached hydrogen (secondary N) is 2. The number of hydrogen-bond acceptors (Lipinski definition) is 6. The van der Waals surface area contributed by atoms with Crippen LogP contribution in [0.2, 0.25) is 5.02 Å². The number of thiophene rings is 1. The van der Waals surface area contributed by atoms with Crippen LogP contribution < -0.4 is 10.6 Å². The van der Waals surface area contributed by atoms with Crippen molar-refractivity contribution in [2.45, 2.75) is 52.5 Å². The molecule has 1 aromatic carbocycles. The van der Waals surface area contributed by atoms with Crippen molar-refractivity contribution >= 4 is 39.8 Å². The van der Waals surface area contributed by atoms with Crippen molar-refractivity contribution in [1.82, 2.24) is 15.5 Å². The van der Waals surface area contributed by atoms with Gasteiger partial charge >= 0.3 is 0 Å². The van der Waals surface area contributed by atoms with Gasteiger partial charge in [0.05, 0.1) is 26.0 Å². The predicted molar refractivity (Wildman–Crippen MR) is 122 cm³/mol. The van der Waals surface area contributed by atoms with Crippen molar-refractivity contribution in [1.29, 1.82) is 0 Å². The highest BCUT2D eigenvalue weighted by Crippen LogP contribution is 2.30. The van der Waals surface area contributed by atoms with Crippen LogP contribution in [-0.4, -0.2) is 22.0 Å². The van der Waals surface area contributed by atoms with Gasteiger partial charge in [-0.3, -0.25) is 9.59 Å². The smallest absolute Gasteiger partial charge is 0.262 e. The first kappa shape index (κ1) is 23.9. The average molecular weight is 479 g/mol. The maximum absolute atomic E-state index is 13.2. The lowest BCUT2D eigenvalue weighted by Crippen LogP contribution is -2.41. The molecule has 0 saturated carbocycles. The number of carbonyl (C=O) groups is 2. The van der Waals surface area contributed by atoms with E-state index in [2.05, 4.69) is 20.8 Å². The van der Waals surface area contributed by atoms with E-state index >= 15 is 0 Å². The van der Waals surface area contributed by atoms with E-state index in [1.54, 1.807) is 26.8 Å². The molecule has 0 saturated heterocycles. The number of amides is 2. The van der Waals surface area contributed by atoms with Gasteiger partial charge in [0.1, 0.15) is 5.82 Å². The topological polar surface area (TPSA) is 97.1 Å². The Bertz CT molecular complexity index is 1180. The second-order valence-electron chi connectivity index (χ2n) is 8.95. The Kier molecular flexibility index (Phi) is 6.44. The first-order chi connectivity index (χ1) is 14.8. The Labute approximate surface area is 194 Å². The van der Waals surface area contributed by atoms with E-state index in [1.807, 2.05) is 20.8 Å². The molecule has 0 bridgehead atoms. The molecule has 2 amide bonds. The van der Waals surface area contributed by atoms with Gasteiger partial charge in [-0.2, -0.15) is 4.98 Å². The van der Waals surface area contributed by atoms with Crippen LogP contribution in [0.15, 0.2) is 28.8 Å². The molecular weight excluding hydrogens is 455 g/mol. The largest absolute Gasteiger partial charge is 0.339 e. The summed E-state index contributed by atoms with van der Waals surface area (Å²) in [6, 6.07) is 5.22. The summed E-state index contributed by atoms with van der Waals surface area (Å²) in [5.74, 6) is -0.516. The number of aryl methyl sites for hydroxylation is 1. The van der Waals surface area contributed by atoms with Gasteiger partial charge in [-0.1, -0.05) is 37.5 Å². The summed E-state index contributed by atoms with van der Waals surface area (Å²) in [6.07, 6.45) is 0. The predicted octanol–water partition coefficient (Wildman–Crippen LogP) is 5.45. The molecule has 0 radical (unpaired) electrons. The molecular formula is C22H24ClFN4O3S. The molecule has 10 heteroatoms. The highest BCUT2D eigenvalue weighted by atomic mass is 35.5. The number of aromatic nitrogens is 2. The molecule has 3 rings (SSSR count). The van der Waals surface area contributed by atoms with Crippen molar-refractivity contribution in [3.8, 4) is 0 Å². The quantitative estimate of drug-likeness (QED) is 0.508. The summed E-state index contributed by atoms with van der Waals surface area (Å²) in [7, 11) is 0. The van der Waals surface area contributed by atoms with E-state index in [0.29, 0.717) is 27.2 Å². The first-order valence-electron chi connectivity index (χ1n) is 9.82. The van der Waals surface area contributed by atoms with Gasteiger partial charge in [0.15, 0.2) is 5.82 Å². The van der Waals surface area contributed by atoms with Gasteiger partial charge in [0.25, 0.3) is 11.8 Å². The molecule has 2 N–H and O–H groups in total. The van der Waals surface area contributed by atoms with Gasteiger partial charge < -0.3 is 15.2 Å². The molecule has 0 fully saturated rings. The Balaban J connectivity index is 1.75. The fourth-order valence-electron chi connectivity index (χ4n) is 2.80. The summed E-state index contributed by atoms with van der Waals surface area (Å²) >= 11 is 7.08. The fraction of sp³-hybridized carbons (Fsp3) is 0.364. The molecule has 3 aromatic rings. The zero-order valence-electron chi connectivity index (χ0n) is 18.6. The van der Waals surface area contributed by atoms with Crippen molar-refractivity contribution in [2.24, 2.45) is 0 Å². The van der Waals surface area contributed by atoms with Crippen LogP contribution >= 0.6 is 22.9 Å². The van der Waals surface area contributed by atoms with Gasteiger partial charge in [-0.25, -0.2) is 4.39 Å². The second kappa shape index (κ2) is 8.63. The minimum Gasteiger partial charge on any atom is -0.339 e. The molecule has 170 valence electrons. The zero-order chi connectivity index (χ0) is 23.8. The molecule has 0 aliphatic heterocycles. The molecule has 0 aliphatic rings. The Morgan fingerprint density at radius 2 is 1.81 bits per heavy atom. The summed E-state index contributed by atoms with van der Waals surface area (Å²) in [5, 5.41) is 10.1. The van der Waals surface area contributed by atoms with Crippen molar-refractivity contribution in [2.75, 3.05) is 5.32 Å². The van der Waals surface area contributed by atoms with E-state index in [-0.39, 0.29) is 21.9 Å². The maximum atomic E-state index is 13.2. The third-order valence-corrected chi connectivity index (χ3v) is 6.05. The molecule has 0 aliphatic carbocycles. The fourth-order valence-corrected chi connectivity index (χ4v) is 4.02. The molecule has 2 heterocycles. The number of nitrogens with zero attached hydrogens (tertiary/aromatic N) is 2. The summed E-state index contributed by atoms with van der Waals surface area (Å²) < 4.78 is 18.6. The van der Waals surface area contributed by atoms with Gasteiger partial charge in [-0.15, -0.1) is 11.3 Å². The van der Waals surface area contributed by atoms with E-state index in [0.717, 1.165) is 23.5 Å². The lowest BCUT2D eigenvalue weighted by atomic mass is 9.97. The lowest BCUT2D eigenvalue weighted by molar-refractivity contribution is 0.0910. The summed E-state index contributed by atoms with van der Waals surface area (Å²) in [6.45, 7) is 11.2. The van der Waals surface area contributed by atoms with Crippen LogP contribution in [0.5, 0.6) is 0 Å². The van der Waals surface area contributed by atoms with Crippen LogP contribution in [0.25, 0.3) is 0 Å². The second-order valence-corrected chi connectivity index (χ2v) is 10.4. The van der Waals surface area contributed by atoms with Gasteiger partial charge in [-0.05, 0) is 50.6 Å². The first-order valence-corrected chi connectivity index (χ1v) is 11.0. The van der Waals surface area contributed by atoms with Crippen LogP contribution in [0.4, 0.5) is 9.39 Å². The van der Waals surface area contributed by atoms with Gasteiger partial charge in [0.2, 0.25) is 5.89 Å². The number of halogens is 2. The highest BCUT2D eigenvalue weighted by Gasteiger charge is 2.32. The van der Waals surface area contributed by atoms with Crippen molar-refractivity contribution in [3.05, 3.63) is 62.8 Å². The van der Waals surface area contributed by atoms with Gasteiger partial charge in [0, 0.05) is 5.41 Å². The molecule has 32 heavy (non-hydrogen) atoms. The SMILES string of the molecule is Cc1cc(NC(=O)c2ccc(F)cc2Cl)sc1C(=O)NC(C)(C)c1noc(C(C)(C)C)n1. The van der Waals surface area contributed by atoms with E-state index < -0.39 is 17.3 Å². The van der Waals surface area contributed by atoms with E-state index in [1.165, 1.54) is 6.07 Å². The molecule has 7 nitrogen and oxygen atoms in total. The molecule has 0 spiro atoms. The van der Waals surface area contributed by atoms with Crippen molar-refractivity contribution in [3.63, 3.8) is 0 Å². The number of rotatable bonds is 5. The number of benzene rings is 1. The van der Waals surface area contributed by atoms with Crippen LogP contribution in [0.3, 0.4) is 0 Å². The molecule has 2 aromatic heterocycles. The third-order valence-electron chi connectivity index (χ3n) is 4.59. The van der Waals surface area contributed by atoms with Crippen LogP contribution in [0.1, 0.15) is 71.9 Å². The summed E-state index contributed by atoms with van der Waals surface area (Å²) in [4.78, 5) is 30.3. The molecule has 0 atom stereocenters. The normalized spacial score (nSPS) is 12.0. The van der Waals surface area contributed by atoms with Crippen LogP contribution in [-0.2, 0) is 11.0 Å². The monoisotopic (exact) mass is 478 g/mol. The number of carbonyl (C=O) groups excluding carboxylic acids is 2. The maximum Gasteiger partial charge on any atom is 0.262 e. The average Bonchev–Trinajstić information content (AvgIpc) is 3.28. The number of hydrogen-bond donors (Lipinski definition) is 2. The zero-order valence-corrected chi connectivity index (χ0v) is 20.2. The summed E-state index contributed by atoms with van der Waals surface area (Å²) in [5.41, 5.74) is -0.368. The Morgan fingerprint density at radius 3 is 2.41 bits per heavy atom. The third kappa shape index (κ3) is 5.16. The lowest BCUT2D eigenvalue weighted by Gasteiger charge is -2.22. The van der Waals surface area contributed by atoms with Crippen molar-refractivity contribution < 1.29 is 18.5 Å². The van der Waals surface area contributed by atoms with Crippen LogP contribution in [0, 0.1) is 12.7 Å². The van der Waals surface area contributed by atoms with E-state index in [9.17, 15) is 14.0 Å². The molecule has 0 unspecified atom stereocenters. The highest BCUT2D eigenvalue weighted by molar-refractivity contribution is 7.18. The Morgan fingerprint density at radius 1 is 1.12 bits per heavy atom. The Hall–Kier alpha value is -2.78. The standard InChI is InChI=1S/C22H24ClFN4O3S/c1-11-9-15(25-17(29)13-8-7-12(24)10-14(13)23)32-16(11)18(30)27-22(5,6)19-26-20(31-28-19)21(2,3)4/h7-10H,1-6H3,(H,25,29)(H,27,30). The number of anilines is 1. The minimum atomic E-state index is -0.883. The van der Waals surface area contributed by atoms with E-state index in [4.69, 9.17) is 16.1 Å².